The third-order valence-electron chi connectivity index (χ3n) is 4.43. The molecule has 27 heavy (non-hydrogen) atoms. The van der Waals surface area contributed by atoms with Gasteiger partial charge in [0, 0.05) is 19.3 Å². The first-order valence-corrected chi connectivity index (χ1v) is 11.5. The Morgan fingerprint density at radius 3 is 2.41 bits per heavy atom. The van der Waals surface area contributed by atoms with Crippen LogP contribution in [0.3, 0.4) is 0 Å². The van der Waals surface area contributed by atoms with Gasteiger partial charge in [-0.1, -0.05) is 32.0 Å². The van der Waals surface area contributed by atoms with Crippen LogP contribution in [0.5, 0.6) is 0 Å². The number of sulfonamides is 1. The van der Waals surface area contributed by atoms with Crippen molar-refractivity contribution in [1.29, 1.82) is 0 Å². The average Bonchev–Trinajstić information content (AvgIpc) is 2.65. The molecule has 150 valence electrons. The zero-order chi connectivity index (χ0) is 20.0. The van der Waals surface area contributed by atoms with Crippen LogP contribution in [-0.2, 0) is 19.6 Å². The Hall–Kier alpha value is -1.45. The fourth-order valence-electron chi connectivity index (χ4n) is 2.95. The standard InChI is InChI=1S/C18H27N3O4S2/c1-13(2)18(14(3)22)20-16(23)12-26-17-8-7-15(11-19-17)27(24,25)21-9-5-4-6-10-21/h7-8,11,13,18H,4-6,9-10,12H2,1-3H3,(H,20,23). The monoisotopic (exact) mass is 413 g/mol. The molecule has 7 nitrogen and oxygen atoms in total. The predicted octanol–water partition coefficient (Wildman–Crippen LogP) is 2.08. The Bertz CT molecular complexity index is 757. The molecule has 1 amide bonds. The molecule has 2 rings (SSSR count). The normalized spacial score (nSPS) is 16.9. The molecule has 0 aromatic carbocycles. The van der Waals surface area contributed by atoms with Gasteiger partial charge in [0.2, 0.25) is 15.9 Å². The molecule has 1 N–H and O–H groups in total. The summed E-state index contributed by atoms with van der Waals surface area (Å²) < 4.78 is 26.7. The van der Waals surface area contributed by atoms with E-state index in [1.165, 1.54) is 35.3 Å². The molecule has 1 aliphatic rings. The van der Waals surface area contributed by atoms with Gasteiger partial charge < -0.3 is 5.32 Å². The topological polar surface area (TPSA) is 96.4 Å². The third-order valence-corrected chi connectivity index (χ3v) is 7.26. The smallest absolute Gasteiger partial charge is 0.244 e. The van der Waals surface area contributed by atoms with Crippen LogP contribution < -0.4 is 5.32 Å². The number of nitrogens with zero attached hydrogens (tertiary/aromatic N) is 2. The van der Waals surface area contributed by atoms with Crippen molar-refractivity contribution in [3.63, 3.8) is 0 Å². The molecule has 9 heteroatoms. The van der Waals surface area contributed by atoms with E-state index in [1.54, 1.807) is 6.07 Å². The van der Waals surface area contributed by atoms with Crippen molar-refractivity contribution >= 4 is 33.5 Å². The highest BCUT2D eigenvalue weighted by Gasteiger charge is 2.26. The third kappa shape index (κ3) is 6.02. The van der Waals surface area contributed by atoms with E-state index in [1.807, 2.05) is 13.8 Å². The average molecular weight is 414 g/mol. The van der Waals surface area contributed by atoms with Crippen LogP contribution in [0.4, 0.5) is 0 Å². The number of ketones is 1. The molecular formula is C18H27N3O4S2. The van der Waals surface area contributed by atoms with Gasteiger partial charge in [-0.05, 0) is 37.8 Å². The number of pyridine rings is 1. The molecular weight excluding hydrogens is 386 g/mol. The molecule has 0 bridgehead atoms. The Kier molecular flexibility index (Phi) is 7.81. The van der Waals surface area contributed by atoms with Crippen LogP contribution in [-0.4, -0.2) is 54.3 Å². The van der Waals surface area contributed by atoms with Gasteiger partial charge in [-0.3, -0.25) is 9.59 Å². The van der Waals surface area contributed by atoms with Crippen LogP contribution >= 0.6 is 11.8 Å². The summed E-state index contributed by atoms with van der Waals surface area (Å²) in [7, 11) is -3.50. The van der Waals surface area contributed by atoms with Crippen molar-refractivity contribution < 1.29 is 18.0 Å². The number of carbonyl (C=O) groups is 2. The predicted molar refractivity (Wildman–Crippen MR) is 105 cm³/mol. The number of Topliss-reactive ketones (excluding diaryl/α,β-unsaturated/α-hetero) is 1. The zero-order valence-electron chi connectivity index (χ0n) is 16.0. The van der Waals surface area contributed by atoms with Gasteiger partial charge in [0.15, 0.2) is 5.78 Å². The van der Waals surface area contributed by atoms with E-state index in [0.29, 0.717) is 18.1 Å². The van der Waals surface area contributed by atoms with E-state index in [4.69, 9.17) is 0 Å². The Labute approximate surface area is 165 Å². The summed E-state index contributed by atoms with van der Waals surface area (Å²) in [4.78, 5) is 28.0. The van der Waals surface area contributed by atoms with E-state index in [2.05, 4.69) is 10.3 Å². The van der Waals surface area contributed by atoms with Crippen molar-refractivity contribution in [2.45, 2.75) is 56.0 Å². The molecule has 1 unspecified atom stereocenters. The van der Waals surface area contributed by atoms with Gasteiger partial charge in [0.25, 0.3) is 0 Å². The Morgan fingerprint density at radius 1 is 1.22 bits per heavy atom. The molecule has 1 aromatic rings. The number of carbonyl (C=O) groups excluding carboxylic acids is 2. The van der Waals surface area contributed by atoms with Crippen LogP contribution in [0.25, 0.3) is 0 Å². The Balaban J connectivity index is 1.93. The first-order chi connectivity index (χ1) is 12.7. The summed E-state index contributed by atoms with van der Waals surface area (Å²) in [5.74, 6) is -0.190. The molecule has 0 spiro atoms. The molecule has 0 aliphatic carbocycles. The first-order valence-electron chi connectivity index (χ1n) is 9.10. The highest BCUT2D eigenvalue weighted by Crippen LogP contribution is 2.22. The lowest BCUT2D eigenvalue weighted by Crippen LogP contribution is -2.44. The second-order valence-electron chi connectivity index (χ2n) is 6.99. The summed E-state index contributed by atoms with van der Waals surface area (Å²) in [5.41, 5.74) is 0. The zero-order valence-corrected chi connectivity index (χ0v) is 17.6. The lowest BCUT2D eigenvalue weighted by atomic mass is 10.0. The number of hydrogen-bond donors (Lipinski definition) is 1. The highest BCUT2D eigenvalue weighted by atomic mass is 32.2. The number of piperidine rings is 1. The first kappa shape index (κ1) is 21.8. The van der Waals surface area contributed by atoms with Gasteiger partial charge in [0.05, 0.1) is 16.8 Å². The maximum Gasteiger partial charge on any atom is 0.244 e. The molecule has 1 fully saturated rings. The van der Waals surface area contributed by atoms with Gasteiger partial charge in [-0.15, -0.1) is 0 Å². The van der Waals surface area contributed by atoms with Gasteiger partial charge in [0.1, 0.15) is 4.90 Å². The summed E-state index contributed by atoms with van der Waals surface area (Å²) in [6.45, 7) is 6.31. The minimum atomic E-state index is -3.50. The van der Waals surface area contributed by atoms with E-state index < -0.39 is 16.1 Å². The lowest BCUT2D eigenvalue weighted by Gasteiger charge is -2.25. The summed E-state index contributed by atoms with van der Waals surface area (Å²) in [5, 5.41) is 3.29. The number of hydrogen-bond acceptors (Lipinski definition) is 6. The summed E-state index contributed by atoms with van der Waals surface area (Å²) in [6.07, 6.45) is 4.17. The molecule has 1 atom stereocenters. The second-order valence-corrected chi connectivity index (χ2v) is 9.92. The minimum absolute atomic E-state index is 0.0221. The molecule has 2 heterocycles. The second kappa shape index (κ2) is 9.66. The number of nitrogens with one attached hydrogen (secondary N) is 1. The van der Waals surface area contributed by atoms with Gasteiger partial charge in [-0.25, -0.2) is 13.4 Å². The van der Waals surface area contributed by atoms with E-state index in [9.17, 15) is 18.0 Å². The van der Waals surface area contributed by atoms with Crippen molar-refractivity contribution in [1.82, 2.24) is 14.6 Å². The Morgan fingerprint density at radius 2 is 1.89 bits per heavy atom. The van der Waals surface area contributed by atoms with E-state index in [-0.39, 0.29) is 28.3 Å². The fourth-order valence-corrected chi connectivity index (χ4v) is 5.07. The van der Waals surface area contributed by atoms with Crippen LogP contribution in [0.1, 0.15) is 40.0 Å². The minimum Gasteiger partial charge on any atom is -0.345 e. The number of amides is 1. The molecule has 1 saturated heterocycles. The molecule has 1 aliphatic heterocycles. The van der Waals surface area contributed by atoms with Gasteiger partial charge in [-0.2, -0.15) is 4.31 Å². The lowest BCUT2D eigenvalue weighted by molar-refractivity contribution is -0.126. The van der Waals surface area contributed by atoms with Crippen molar-refractivity contribution in [3.05, 3.63) is 18.3 Å². The largest absolute Gasteiger partial charge is 0.345 e. The van der Waals surface area contributed by atoms with Crippen molar-refractivity contribution in [2.75, 3.05) is 18.8 Å². The molecule has 0 saturated carbocycles. The number of thioether (sulfide) groups is 1. The fraction of sp³-hybridized carbons (Fsp3) is 0.611. The van der Waals surface area contributed by atoms with Crippen molar-refractivity contribution in [2.24, 2.45) is 5.92 Å². The van der Waals surface area contributed by atoms with Crippen LogP contribution in [0, 0.1) is 5.92 Å². The van der Waals surface area contributed by atoms with Crippen molar-refractivity contribution in [3.8, 4) is 0 Å². The van der Waals surface area contributed by atoms with Crippen LogP contribution in [0.2, 0.25) is 0 Å². The number of rotatable bonds is 8. The van der Waals surface area contributed by atoms with E-state index >= 15 is 0 Å². The summed E-state index contributed by atoms with van der Waals surface area (Å²) in [6, 6.07) is 2.65. The highest BCUT2D eigenvalue weighted by molar-refractivity contribution is 7.99. The SMILES string of the molecule is CC(=O)C(NC(=O)CSc1ccc(S(=O)(=O)N2CCCCC2)cn1)C(C)C. The van der Waals surface area contributed by atoms with Gasteiger partial charge >= 0.3 is 0 Å². The maximum absolute atomic E-state index is 12.6. The summed E-state index contributed by atoms with van der Waals surface area (Å²) >= 11 is 1.21. The molecule has 0 radical (unpaired) electrons. The maximum atomic E-state index is 12.6. The van der Waals surface area contributed by atoms with E-state index in [0.717, 1.165) is 19.3 Å². The van der Waals surface area contributed by atoms with Crippen LogP contribution in [0.15, 0.2) is 28.3 Å². The molecule has 1 aromatic heterocycles. The quantitative estimate of drug-likeness (QED) is 0.656. The number of aromatic nitrogens is 1.